The Balaban J connectivity index is 2.48. The molecular formula is C14H24N2. The van der Waals surface area contributed by atoms with Crippen molar-refractivity contribution < 1.29 is 0 Å². The van der Waals surface area contributed by atoms with Crippen LogP contribution in [0.5, 0.6) is 0 Å². The summed E-state index contributed by atoms with van der Waals surface area (Å²) in [6, 6.07) is 0. The predicted octanol–water partition coefficient (Wildman–Crippen LogP) is 3.47. The third-order valence-electron chi connectivity index (χ3n) is 3.37. The molecule has 0 aromatic carbocycles. The van der Waals surface area contributed by atoms with Crippen molar-refractivity contribution in [1.29, 1.82) is 0 Å². The standard InChI is InChI=1S/C14H24N2/c1-5-10-16-13(14(2,3)4)11-8-6-7-9-12(11)15-16/h5-10H2,1-4H3. The summed E-state index contributed by atoms with van der Waals surface area (Å²) < 4.78 is 2.27. The van der Waals surface area contributed by atoms with E-state index in [9.17, 15) is 0 Å². The van der Waals surface area contributed by atoms with Crippen LogP contribution in [0.2, 0.25) is 0 Å². The first-order chi connectivity index (χ1) is 7.54. The van der Waals surface area contributed by atoms with Crippen LogP contribution in [0.1, 0.15) is 63.9 Å². The smallest absolute Gasteiger partial charge is 0.0659 e. The van der Waals surface area contributed by atoms with Gasteiger partial charge in [0.15, 0.2) is 0 Å². The molecule has 2 rings (SSSR count). The van der Waals surface area contributed by atoms with Crippen LogP contribution in [0.3, 0.4) is 0 Å². The molecule has 0 aliphatic heterocycles. The molecule has 0 saturated carbocycles. The highest BCUT2D eigenvalue weighted by molar-refractivity contribution is 5.33. The van der Waals surface area contributed by atoms with Crippen molar-refractivity contribution in [3.8, 4) is 0 Å². The van der Waals surface area contributed by atoms with Crippen LogP contribution in [-0.2, 0) is 24.8 Å². The Labute approximate surface area is 99.0 Å². The monoisotopic (exact) mass is 220 g/mol. The van der Waals surface area contributed by atoms with E-state index < -0.39 is 0 Å². The predicted molar refractivity (Wildman–Crippen MR) is 67.9 cm³/mol. The molecule has 0 N–H and O–H groups in total. The van der Waals surface area contributed by atoms with E-state index in [1.165, 1.54) is 43.5 Å². The lowest BCUT2D eigenvalue weighted by Gasteiger charge is -2.23. The minimum Gasteiger partial charge on any atom is -0.269 e. The van der Waals surface area contributed by atoms with Gasteiger partial charge in [0.25, 0.3) is 0 Å². The molecule has 0 unspecified atom stereocenters. The fourth-order valence-corrected chi connectivity index (χ4v) is 2.82. The number of hydrogen-bond acceptors (Lipinski definition) is 1. The lowest BCUT2D eigenvalue weighted by Crippen LogP contribution is -2.20. The number of aromatic nitrogens is 2. The summed E-state index contributed by atoms with van der Waals surface area (Å²) in [5, 5.41) is 4.82. The van der Waals surface area contributed by atoms with Gasteiger partial charge in [-0.25, -0.2) is 0 Å². The average molecular weight is 220 g/mol. The second-order valence-corrected chi connectivity index (χ2v) is 5.95. The Morgan fingerprint density at radius 2 is 1.88 bits per heavy atom. The summed E-state index contributed by atoms with van der Waals surface area (Å²) in [5.74, 6) is 0. The lowest BCUT2D eigenvalue weighted by atomic mass is 9.84. The van der Waals surface area contributed by atoms with E-state index in [0.29, 0.717) is 0 Å². The van der Waals surface area contributed by atoms with Gasteiger partial charge >= 0.3 is 0 Å². The number of nitrogens with zero attached hydrogens (tertiary/aromatic N) is 2. The van der Waals surface area contributed by atoms with Gasteiger partial charge in [-0.15, -0.1) is 0 Å². The Hall–Kier alpha value is -0.790. The highest BCUT2D eigenvalue weighted by atomic mass is 15.3. The van der Waals surface area contributed by atoms with Crippen molar-refractivity contribution in [2.75, 3.05) is 0 Å². The maximum atomic E-state index is 4.82. The highest BCUT2D eigenvalue weighted by Gasteiger charge is 2.27. The first kappa shape index (κ1) is 11.7. The summed E-state index contributed by atoms with van der Waals surface area (Å²) in [7, 11) is 0. The van der Waals surface area contributed by atoms with Crippen LogP contribution in [0.25, 0.3) is 0 Å². The van der Waals surface area contributed by atoms with E-state index >= 15 is 0 Å². The highest BCUT2D eigenvalue weighted by Crippen LogP contribution is 2.32. The van der Waals surface area contributed by atoms with Crippen molar-refractivity contribution in [3.05, 3.63) is 17.0 Å². The van der Waals surface area contributed by atoms with E-state index in [1.54, 1.807) is 5.56 Å². The van der Waals surface area contributed by atoms with Crippen LogP contribution in [0.4, 0.5) is 0 Å². The van der Waals surface area contributed by atoms with Gasteiger partial charge in [0.1, 0.15) is 0 Å². The minimum absolute atomic E-state index is 0.229. The molecule has 1 aliphatic rings. The molecule has 0 amide bonds. The summed E-state index contributed by atoms with van der Waals surface area (Å²) in [5.41, 5.74) is 4.66. The Morgan fingerprint density at radius 3 is 2.50 bits per heavy atom. The van der Waals surface area contributed by atoms with Gasteiger partial charge in [-0.3, -0.25) is 4.68 Å². The average Bonchev–Trinajstić information content (AvgIpc) is 2.55. The zero-order valence-electron chi connectivity index (χ0n) is 11.1. The van der Waals surface area contributed by atoms with Gasteiger partial charge in [0, 0.05) is 17.7 Å². The zero-order valence-corrected chi connectivity index (χ0v) is 11.1. The van der Waals surface area contributed by atoms with E-state index in [-0.39, 0.29) is 5.41 Å². The van der Waals surface area contributed by atoms with Crippen LogP contribution in [0.15, 0.2) is 0 Å². The fourth-order valence-electron chi connectivity index (χ4n) is 2.82. The maximum absolute atomic E-state index is 4.82. The molecule has 1 aromatic heterocycles. The molecule has 0 spiro atoms. The molecule has 0 bridgehead atoms. The molecule has 2 nitrogen and oxygen atoms in total. The second kappa shape index (κ2) is 4.23. The van der Waals surface area contributed by atoms with Crippen LogP contribution >= 0.6 is 0 Å². The number of aryl methyl sites for hydroxylation is 2. The number of hydrogen-bond donors (Lipinski definition) is 0. The van der Waals surface area contributed by atoms with Crippen molar-refractivity contribution in [3.63, 3.8) is 0 Å². The van der Waals surface area contributed by atoms with Crippen molar-refractivity contribution in [2.45, 2.75) is 71.8 Å². The fraction of sp³-hybridized carbons (Fsp3) is 0.786. The summed E-state index contributed by atoms with van der Waals surface area (Å²) in [6.45, 7) is 10.2. The molecule has 2 heteroatoms. The van der Waals surface area contributed by atoms with Gasteiger partial charge in [0.2, 0.25) is 0 Å². The van der Waals surface area contributed by atoms with Crippen molar-refractivity contribution in [2.24, 2.45) is 0 Å². The van der Waals surface area contributed by atoms with Gasteiger partial charge in [-0.2, -0.15) is 5.10 Å². The second-order valence-electron chi connectivity index (χ2n) is 5.95. The van der Waals surface area contributed by atoms with Crippen LogP contribution in [0, 0.1) is 0 Å². The summed E-state index contributed by atoms with van der Waals surface area (Å²) >= 11 is 0. The van der Waals surface area contributed by atoms with E-state index in [1.807, 2.05) is 0 Å². The van der Waals surface area contributed by atoms with Gasteiger partial charge in [0.05, 0.1) is 5.69 Å². The molecule has 0 atom stereocenters. The number of rotatable bonds is 2. The van der Waals surface area contributed by atoms with Crippen molar-refractivity contribution in [1.82, 2.24) is 9.78 Å². The van der Waals surface area contributed by atoms with Gasteiger partial charge < -0.3 is 0 Å². The zero-order chi connectivity index (χ0) is 11.8. The van der Waals surface area contributed by atoms with Crippen LogP contribution < -0.4 is 0 Å². The van der Waals surface area contributed by atoms with Gasteiger partial charge in [-0.1, -0.05) is 27.7 Å². The first-order valence-electron chi connectivity index (χ1n) is 6.63. The Kier molecular flexibility index (Phi) is 3.09. The molecule has 0 saturated heterocycles. The normalized spacial score (nSPS) is 16.2. The molecule has 1 aliphatic carbocycles. The third kappa shape index (κ3) is 2.02. The van der Waals surface area contributed by atoms with E-state index in [4.69, 9.17) is 5.10 Å². The molecular weight excluding hydrogens is 196 g/mol. The maximum Gasteiger partial charge on any atom is 0.0659 e. The van der Waals surface area contributed by atoms with E-state index in [0.717, 1.165) is 6.54 Å². The summed E-state index contributed by atoms with van der Waals surface area (Å²) in [6.07, 6.45) is 6.26. The molecule has 90 valence electrons. The topological polar surface area (TPSA) is 17.8 Å². The lowest BCUT2D eigenvalue weighted by molar-refractivity contribution is 0.477. The van der Waals surface area contributed by atoms with Crippen molar-refractivity contribution >= 4 is 0 Å². The molecule has 0 radical (unpaired) electrons. The molecule has 16 heavy (non-hydrogen) atoms. The quantitative estimate of drug-likeness (QED) is 0.746. The van der Waals surface area contributed by atoms with E-state index in [2.05, 4.69) is 32.4 Å². The number of fused-ring (bicyclic) bond motifs is 1. The minimum atomic E-state index is 0.229. The third-order valence-corrected chi connectivity index (χ3v) is 3.37. The largest absolute Gasteiger partial charge is 0.269 e. The molecule has 1 aromatic rings. The first-order valence-corrected chi connectivity index (χ1v) is 6.63. The molecule has 0 fully saturated rings. The Morgan fingerprint density at radius 1 is 1.19 bits per heavy atom. The molecule has 1 heterocycles. The van der Waals surface area contributed by atoms with Crippen LogP contribution in [-0.4, -0.2) is 9.78 Å². The SMILES string of the molecule is CCCn1nc2c(c1C(C)(C)C)CCCC2. The van der Waals surface area contributed by atoms with Gasteiger partial charge in [-0.05, 0) is 37.7 Å². The Bertz CT molecular complexity index is 369. The summed E-state index contributed by atoms with van der Waals surface area (Å²) in [4.78, 5) is 0.